The molecule has 4 nitrogen and oxygen atoms in total. The number of aryl methyl sites for hydroxylation is 1. The van der Waals surface area contributed by atoms with Crippen LogP contribution in [0.2, 0.25) is 0 Å². The van der Waals surface area contributed by atoms with Crippen LogP contribution in [0.4, 0.5) is 0 Å². The summed E-state index contributed by atoms with van der Waals surface area (Å²) in [5.41, 5.74) is 1.06. The quantitative estimate of drug-likeness (QED) is 0.678. The molecule has 0 fully saturated rings. The van der Waals surface area contributed by atoms with Crippen LogP contribution in [0, 0.1) is 6.92 Å². The molecule has 0 aliphatic heterocycles. The van der Waals surface area contributed by atoms with E-state index >= 15 is 0 Å². The first-order valence-corrected chi connectivity index (χ1v) is 7.90. The van der Waals surface area contributed by atoms with Gasteiger partial charge in [-0.15, -0.1) is 0 Å². The van der Waals surface area contributed by atoms with Crippen molar-refractivity contribution in [2.45, 2.75) is 20.8 Å². The molecule has 0 heterocycles. The Morgan fingerprint density at radius 2 is 1.72 bits per heavy atom. The van der Waals surface area contributed by atoms with E-state index in [9.17, 15) is 4.57 Å². The average molecular weight is 272 g/mol. The molecule has 0 spiro atoms. The molecule has 0 aliphatic rings. The number of hydrogen-bond donors (Lipinski definition) is 0. The minimum atomic E-state index is -3.00. The van der Waals surface area contributed by atoms with Crippen molar-refractivity contribution in [3.05, 3.63) is 29.8 Å². The molecule has 1 aromatic rings. The topological polar surface area (TPSA) is 44.8 Å². The van der Waals surface area contributed by atoms with Gasteiger partial charge in [-0.2, -0.15) is 0 Å². The molecule has 18 heavy (non-hydrogen) atoms. The Balaban J connectivity index is 2.49. The van der Waals surface area contributed by atoms with Gasteiger partial charge in [0, 0.05) is 0 Å². The Kier molecular flexibility index (Phi) is 6.41. The highest BCUT2D eigenvalue weighted by molar-refractivity contribution is 7.53. The summed E-state index contributed by atoms with van der Waals surface area (Å²) >= 11 is 0. The summed E-state index contributed by atoms with van der Waals surface area (Å²) in [6.45, 7) is 6.65. The fourth-order valence-electron chi connectivity index (χ4n) is 1.55. The highest BCUT2D eigenvalue weighted by atomic mass is 31.2. The second kappa shape index (κ2) is 7.57. The van der Waals surface area contributed by atoms with Gasteiger partial charge in [0.25, 0.3) is 0 Å². The zero-order valence-electron chi connectivity index (χ0n) is 11.2. The predicted molar refractivity (Wildman–Crippen MR) is 72.4 cm³/mol. The van der Waals surface area contributed by atoms with Crippen LogP contribution in [0.25, 0.3) is 0 Å². The standard InChI is InChI=1S/C13H21O4P/c1-4-16-18(14,17-5-2)11-10-15-13-9-7-6-8-12(13)3/h6-9H,4-5,10-11H2,1-3H3. The largest absolute Gasteiger partial charge is 0.493 e. The zero-order chi connectivity index (χ0) is 13.4. The van der Waals surface area contributed by atoms with Crippen LogP contribution in [-0.4, -0.2) is 26.0 Å². The minimum absolute atomic E-state index is 0.267. The van der Waals surface area contributed by atoms with Crippen LogP contribution in [-0.2, 0) is 13.6 Å². The fraction of sp³-hybridized carbons (Fsp3) is 0.538. The van der Waals surface area contributed by atoms with Gasteiger partial charge in [-0.05, 0) is 32.4 Å². The van der Waals surface area contributed by atoms with Crippen molar-refractivity contribution in [1.82, 2.24) is 0 Å². The molecule has 0 aromatic heterocycles. The van der Waals surface area contributed by atoms with Gasteiger partial charge in [-0.1, -0.05) is 18.2 Å². The maximum atomic E-state index is 12.2. The van der Waals surface area contributed by atoms with Crippen molar-refractivity contribution in [2.24, 2.45) is 0 Å². The van der Waals surface area contributed by atoms with Gasteiger partial charge in [-0.25, -0.2) is 0 Å². The molecule has 0 saturated heterocycles. The Morgan fingerprint density at radius 3 is 2.28 bits per heavy atom. The molecule has 0 atom stereocenters. The van der Waals surface area contributed by atoms with Crippen molar-refractivity contribution < 1.29 is 18.3 Å². The van der Waals surface area contributed by atoms with E-state index in [1.165, 1.54) is 0 Å². The van der Waals surface area contributed by atoms with Crippen LogP contribution >= 0.6 is 7.60 Å². The Hall–Kier alpha value is -0.830. The van der Waals surface area contributed by atoms with Gasteiger partial charge in [0.2, 0.25) is 0 Å². The maximum absolute atomic E-state index is 12.2. The molecule has 0 unspecified atom stereocenters. The lowest BCUT2D eigenvalue weighted by atomic mass is 10.2. The van der Waals surface area contributed by atoms with Crippen molar-refractivity contribution in [3.63, 3.8) is 0 Å². The molecular formula is C13H21O4P. The third-order valence-corrected chi connectivity index (χ3v) is 4.40. The first kappa shape index (κ1) is 15.2. The maximum Gasteiger partial charge on any atom is 0.334 e. The van der Waals surface area contributed by atoms with E-state index in [0.717, 1.165) is 11.3 Å². The van der Waals surface area contributed by atoms with E-state index in [-0.39, 0.29) is 6.16 Å². The van der Waals surface area contributed by atoms with Crippen molar-refractivity contribution in [2.75, 3.05) is 26.0 Å². The minimum Gasteiger partial charge on any atom is -0.493 e. The van der Waals surface area contributed by atoms with E-state index in [4.69, 9.17) is 13.8 Å². The van der Waals surface area contributed by atoms with Gasteiger partial charge in [-0.3, -0.25) is 4.57 Å². The van der Waals surface area contributed by atoms with E-state index in [1.807, 2.05) is 31.2 Å². The van der Waals surface area contributed by atoms with Crippen molar-refractivity contribution >= 4 is 7.60 Å². The third kappa shape index (κ3) is 4.81. The summed E-state index contributed by atoms with van der Waals surface area (Å²) in [4.78, 5) is 0. The summed E-state index contributed by atoms with van der Waals surface area (Å²) < 4.78 is 28.1. The summed E-state index contributed by atoms with van der Waals surface area (Å²) in [6, 6.07) is 7.72. The monoisotopic (exact) mass is 272 g/mol. The summed E-state index contributed by atoms with van der Waals surface area (Å²) in [6.07, 6.45) is 0.267. The molecule has 0 N–H and O–H groups in total. The Bertz CT molecular complexity index is 396. The molecule has 0 amide bonds. The normalized spacial score (nSPS) is 11.5. The number of rotatable bonds is 8. The highest BCUT2D eigenvalue weighted by Crippen LogP contribution is 2.47. The Labute approximate surface area is 109 Å². The third-order valence-electron chi connectivity index (χ3n) is 2.37. The number of para-hydroxylation sites is 1. The molecule has 5 heteroatoms. The van der Waals surface area contributed by atoms with Crippen molar-refractivity contribution in [3.8, 4) is 5.75 Å². The lowest BCUT2D eigenvalue weighted by Crippen LogP contribution is -2.08. The highest BCUT2D eigenvalue weighted by Gasteiger charge is 2.23. The van der Waals surface area contributed by atoms with Gasteiger partial charge < -0.3 is 13.8 Å². The smallest absolute Gasteiger partial charge is 0.334 e. The van der Waals surface area contributed by atoms with E-state index in [1.54, 1.807) is 13.8 Å². The lowest BCUT2D eigenvalue weighted by Gasteiger charge is -2.17. The van der Waals surface area contributed by atoms with Gasteiger partial charge in [0.1, 0.15) is 5.75 Å². The van der Waals surface area contributed by atoms with Gasteiger partial charge >= 0.3 is 7.60 Å². The van der Waals surface area contributed by atoms with E-state index in [0.29, 0.717) is 19.8 Å². The van der Waals surface area contributed by atoms with Crippen LogP contribution < -0.4 is 4.74 Å². The molecule has 102 valence electrons. The SMILES string of the molecule is CCOP(=O)(CCOc1ccccc1C)OCC. The molecule has 1 rings (SSSR count). The fourth-order valence-corrected chi connectivity index (χ4v) is 2.98. The van der Waals surface area contributed by atoms with Crippen LogP contribution in [0.15, 0.2) is 24.3 Å². The predicted octanol–water partition coefficient (Wildman–Crippen LogP) is 3.64. The molecule has 0 saturated carbocycles. The van der Waals surface area contributed by atoms with Crippen LogP contribution in [0.1, 0.15) is 19.4 Å². The summed E-state index contributed by atoms with van der Waals surface area (Å²) in [5.74, 6) is 0.803. The number of ether oxygens (including phenoxy) is 1. The van der Waals surface area contributed by atoms with Crippen molar-refractivity contribution in [1.29, 1.82) is 0 Å². The zero-order valence-corrected chi connectivity index (χ0v) is 12.1. The molecule has 0 aliphatic carbocycles. The van der Waals surface area contributed by atoms with Crippen LogP contribution in [0.5, 0.6) is 5.75 Å². The summed E-state index contributed by atoms with van der Waals surface area (Å²) in [5, 5.41) is 0. The summed E-state index contributed by atoms with van der Waals surface area (Å²) in [7, 11) is -3.00. The first-order valence-electron chi connectivity index (χ1n) is 6.18. The lowest BCUT2D eigenvalue weighted by molar-refractivity contribution is 0.213. The van der Waals surface area contributed by atoms with Gasteiger partial charge in [0.15, 0.2) is 0 Å². The van der Waals surface area contributed by atoms with Gasteiger partial charge in [0.05, 0.1) is 26.0 Å². The molecular weight excluding hydrogens is 251 g/mol. The number of hydrogen-bond acceptors (Lipinski definition) is 4. The second-order valence-corrected chi connectivity index (χ2v) is 5.97. The first-order chi connectivity index (χ1) is 8.61. The van der Waals surface area contributed by atoms with E-state index in [2.05, 4.69) is 0 Å². The Morgan fingerprint density at radius 1 is 1.11 bits per heavy atom. The average Bonchev–Trinajstić information content (AvgIpc) is 2.32. The molecule has 0 radical (unpaired) electrons. The van der Waals surface area contributed by atoms with E-state index < -0.39 is 7.60 Å². The molecule has 0 bridgehead atoms. The number of benzene rings is 1. The molecule has 1 aromatic carbocycles. The second-order valence-electron chi connectivity index (χ2n) is 3.78. The van der Waals surface area contributed by atoms with Crippen LogP contribution in [0.3, 0.4) is 0 Å².